The van der Waals surface area contributed by atoms with E-state index in [9.17, 15) is 9.59 Å². The lowest BCUT2D eigenvalue weighted by Crippen LogP contribution is -2.44. The zero-order valence-corrected chi connectivity index (χ0v) is 18.4. The van der Waals surface area contributed by atoms with Crippen molar-refractivity contribution in [1.29, 1.82) is 0 Å². The highest BCUT2D eigenvalue weighted by molar-refractivity contribution is 7.10. The predicted molar refractivity (Wildman–Crippen MR) is 124 cm³/mol. The second-order valence-electron chi connectivity index (χ2n) is 7.34. The third-order valence-electron chi connectivity index (χ3n) is 5.01. The van der Waals surface area contributed by atoms with E-state index >= 15 is 0 Å². The fourth-order valence-electron chi connectivity index (χ4n) is 3.43. The number of carbonyl (C=O) groups is 2. The maximum atomic E-state index is 13.5. The van der Waals surface area contributed by atoms with Crippen LogP contribution in [0, 0.1) is 6.92 Å². The summed E-state index contributed by atoms with van der Waals surface area (Å²) in [6.07, 6.45) is 5.00. The molecule has 4 rings (SSSR count). The van der Waals surface area contributed by atoms with Crippen molar-refractivity contribution >= 4 is 28.8 Å². The molecule has 2 amide bonds. The van der Waals surface area contributed by atoms with Crippen LogP contribution in [0.4, 0.5) is 5.69 Å². The van der Waals surface area contributed by atoms with E-state index in [1.54, 1.807) is 42.9 Å². The highest BCUT2D eigenvalue weighted by Crippen LogP contribution is 2.29. The van der Waals surface area contributed by atoms with Crippen molar-refractivity contribution in [2.45, 2.75) is 25.9 Å². The second kappa shape index (κ2) is 10.1. The maximum Gasteiger partial charge on any atom is 0.248 e. The van der Waals surface area contributed by atoms with Crippen LogP contribution >= 0.6 is 11.3 Å². The smallest absolute Gasteiger partial charge is 0.248 e. The van der Waals surface area contributed by atoms with E-state index in [2.05, 4.69) is 10.3 Å². The number of benzene rings is 1. The van der Waals surface area contributed by atoms with Crippen molar-refractivity contribution in [3.05, 3.63) is 106 Å². The van der Waals surface area contributed by atoms with Crippen molar-refractivity contribution < 1.29 is 14.0 Å². The first kappa shape index (κ1) is 21.5. The summed E-state index contributed by atoms with van der Waals surface area (Å²) in [4.78, 5) is 33.7. The first-order valence-corrected chi connectivity index (χ1v) is 11.1. The zero-order valence-electron chi connectivity index (χ0n) is 17.6. The monoisotopic (exact) mass is 445 g/mol. The Labute approximate surface area is 190 Å². The van der Waals surface area contributed by atoms with Crippen LogP contribution in [-0.2, 0) is 22.6 Å². The lowest BCUT2D eigenvalue weighted by atomic mass is 10.0. The van der Waals surface area contributed by atoms with Gasteiger partial charge >= 0.3 is 0 Å². The Morgan fingerprint density at radius 1 is 1.09 bits per heavy atom. The number of furan rings is 1. The van der Waals surface area contributed by atoms with Gasteiger partial charge in [0, 0.05) is 11.1 Å². The number of rotatable bonds is 8. The van der Waals surface area contributed by atoms with Crippen LogP contribution in [0.1, 0.15) is 27.8 Å². The Bertz CT molecular complexity index is 1140. The fraction of sp³-hybridized carbons (Fsp3) is 0.160. The molecule has 0 radical (unpaired) electrons. The van der Waals surface area contributed by atoms with Crippen LogP contribution in [0.5, 0.6) is 0 Å². The minimum atomic E-state index is -0.859. The number of nitrogens with zero attached hydrogens (tertiary/aromatic N) is 2. The van der Waals surface area contributed by atoms with Crippen molar-refractivity contribution in [3.63, 3.8) is 0 Å². The van der Waals surface area contributed by atoms with Crippen LogP contribution in [0.25, 0.3) is 0 Å². The number of hydrogen-bond acceptors (Lipinski definition) is 5. The number of aromatic nitrogens is 1. The highest BCUT2D eigenvalue weighted by Gasteiger charge is 2.33. The van der Waals surface area contributed by atoms with E-state index in [1.807, 2.05) is 48.7 Å². The average molecular weight is 446 g/mol. The number of amides is 2. The van der Waals surface area contributed by atoms with Gasteiger partial charge in [0.2, 0.25) is 11.8 Å². The van der Waals surface area contributed by atoms with Crippen LogP contribution in [0.3, 0.4) is 0 Å². The molecule has 4 aromatic rings. The largest absolute Gasteiger partial charge is 0.467 e. The third kappa shape index (κ3) is 5.12. The summed E-state index contributed by atoms with van der Waals surface area (Å²) in [6.45, 7) is 2.21. The molecule has 0 unspecified atom stereocenters. The summed E-state index contributed by atoms with van der Waals surface area (Å²) < 4.78 is 5.34. The number of aryl methyl sites for hydroxylation is 1. The standard InChI is InChI=1S/C25H23N3O3S/c1-18-8-10-19(11-9-18)24(25(30)27-17-21-6-3-13-31-21)28(20-5-2-12-26-16-20)23(29)15-22-7-4-14-32-22/h2-14,16,24H,15,17H2,1H3,(H,27,30)/t24-/m1/s1. The third-order valence-corrected chi connectivity index (χ3v) is 5.89. The highest BCUT2D eigenvalue weighted by atomic mass is 32.1. The van der Waals surface area contributed by atoms with E-state index in [4.69, 9.17) is 4.42 Å². The molecule has 32 heavy (non-hydrogen) atoms. The summed E-state index contributed by atoms with van der Waals surface area (Å²) >= 11 is 1.51. The Hall–Kier alpha value is -3.71. The van der Waals surface area contributed by atoms with Gasteiger partial charge in [-0.3, -0.25) is 19.5 Å². The molecule has 1 atom stereocenters. The van der Waals surface area contributed by atoms with E-state index in [0.717, 1.165) is 16.0 Å². The molecule has 1 N–H and O–H groups in total. The Morgan fingerprint density at radius 2 is 1.94 bits per heavy atom. The molecular formula is C25H23N3O3S. The molecule has 3 aromatic heterocycles. The molecule has 0 aliphatic heterocycles. The van der Waals surface area contributed by atoms with Gasteiger partial charge in [-0.2, -0.15) is 0 Å². The lowest BCUT2D eigenvalue weighted by Gasteiger charge is -2.31. The number of carbonyl (C=O) groups excluding carboxylic acids is 2. The minimum Gasteiger partial charge on any atom is -0.467 e. The summed E-state index contributed by atoms with van der Waals surface area (Å²) in [5.41, 5.74) is 2.35. The van der Waals surface area contributed by atoms with Crippen LogP contribution in [0.15, 0.2) is 89.1 Å². The van der Waals surface area contributed by atoms with Gasteiger partial charge in [-0.15, -0.1) is 11.3 Å². The first-order valence-electron chi connectivity index (χ1n) is 10.2. The van der Waals surface area contributed by atoms with Gasteiger partial charge in [-0.05, 0) is 48.2 Å². The molecule has 6 nitrogen and oxygen atoms in total. The van der Waals surface area contributed by atoms with Crippen LogP contribution < -0.4 is 10.2 Å². The van der Waals surface area contributed by atoms with Gasteiger partial charge in [-0.25, -0.2) is 0 Å². The van der Waals surface area contributed by atoms with Gasteiger partial charge < -0.3 is 9.73 Å². The first-order chi connectivity index (χ1) is 15.6. The molecule has 3 heterocycles. The van der Waals surface area contributed by atoms with E-state index in [1.165, 1.54) is 16.2 Å². The van der Waals surface area contributed by atoms with Crippen molar-refractivity contribution in [2.24, 2.45) is 0 Å². The van der Waals surface area contributed by atoms with Gasteiger partial charge in [0.15, 0.2) is 0 Å². The quantitative estimate of drug-likeness (QED) is 0.427. The molecule has 0 fully saturated rings. The second-order valence-corrected chi connectivity index (χ2v) is 8.37. The van der Waals surface area contributed by atoms with E-state index in [-0.39, 0.29) is 24.8 Å². The SMILES string of the molecule is Cc1ccc([C@H](C(=O)NCc2ccco2)N(C(=O)Cc2cccs2)c2cccnc2)cc1. The number of anilines is 1. The molecule has 0 spiro atoms. The number of nitrogens with one attached hydrogen (secondary N) is 1. The van der Waals surface area contributed by atoms with Gasteiger partial charge in [0.25, 0.3) is 0 Å². The summed E-state index contributed by atoms with van der Waals surface area (Å²) in [7, 11) is 0. The fourth-order valence-corrected chi connectivity index (χ4v) is 4.13. The van der Waals surface area contributed by atoms with E-state index in [0.29, 0.717) is 11.4 Å². The molecular weight excluding hydrogens is 422 g/mol. The number of thiophene rings is 1. The summed E-state index contributed by atoms with van der Waals surface area (Å²) in [5, 5.41) is 4.85. The van der Waals surface area contributed by atoms with Crippen molar-refractivity contribution in [1.82, 2.24) is 10.3 Å². The molecule has 1 aromatic carbocycles. The van der Waals surface area contributed by atoms with Crippen molar-refractivity contribution in [2.75, 3.05) is 4.90 Å². The molecule has 0 aliphatic rings. The Kier molecular flexibility index (Phi) is 6.77. The van der Waals surface area contributed by atoms with E-state index < -0.39 is 6.04 Å². The Balaban J connectivity index is 1.71. The molecule has 0 saturated carbocycles. The van der Waals surface area contributed by atoms with Gasteiger partial charge in [0.1, 0.15) is 11.8 Å². The van der Waals surface area contributed by atoms with Crippen LogP contribution in [-0.4, -0.2) is 16.8 Å². The molecule has 0 bridgehead atoms. The maximum absolute atomic E-state index is 13.5. The molecule has 0 aliphatic carbocycles. The van der Waals surface area contributed by atoms with Crippen LogP contribution in [0.2, 0.25) is 0 Å². The average Bonchev–Trinajstić information content (AvgIpc) is 3.51. The minimum absolute atomic E-state index is 0.181. The van der Waals surface area contributed by atoms with Gasteiger partial charge in [0.05, 0.1) is 31.1 Å². The summed E-state index contributed by atoms with van der Waals surface area (Å²) in [6, 6.07) is 17.7. The predicted octanol–water partition coefficient (Wildman–Crippen LogP) is 4.68. The van der Waals surface area contributed by atoms with Crippen molar-refractivity contribution in [3.8, 4) is 0 Å². The van der Waals surface area contributed by atoms with Gasteiger partial charge in [-0.1, -0.05) is 35.9 Å². The molecule has 0 saturated heterocycles. The normalized spacial score (nSPS) is 11.7. The Morgan fingerprint density at radius 3 is 2.59 bits per heavy atom. The molecule has 162 valence electrons. The topological polar surface area (TPSA) is 75.4 Å². The zero-order chi connectivity index (χ0) is 22.3. The number of pyridine rings is 1. The number of hydrogen-bond donors (Lipinski definition) is 1. The molecule has 7 heteroatoms. The summed E-state index contributed by atoms with van der Waals surface area (Å²) in [5.74, 6) is 0.159. The lowest BCUT2D eigenvalue weighted by molar-refractivity contribution is -0.126.